The number of hydrogen-bond acceptors (Lipinski definition) is 4. The molecule has 112 valence electrons. The Morgan fingerprint density at radius 3 is 2.45 bits per heavy atom. The van der Waals surface area contributed by atoms with Crippen LogP contribution in [0.2, 0.25) is 12.6 Å². The summed E-state index contributed by atoms with van der Waals surface area (Å²) >= 11 is 0. The lowest BCUT2D eigenvalue weighted by Gasteiger charge is -2.25. The quantitative estimate of drug-likeness (QED) is 0.432. The fraction of sp³-hybridized carbons (Fsp3) is 0.533. The Morgan fingerprint density at radius 2 is 1.85 bits per heavy atom. The predicted octanol–water partition coefficient (Wildman–Crippen LogP) is 3.35. The third-order valence-corrected chi connectivity index (χ3v) is 6.05. The Bertz CT molecular complexity index is 417. The predicted molar refractivity (Wildman–Crippen MR) is 84.9 cm³/mol. The minimum absolute atomic E-state index is 0.263. The van der Waals surface area contributed by atoms with Crippen LogP contribution in [0.4, 0.5) is 0 Å². The normalized spacial score (nSPS) is 12.2. The molecule has 0 atom stereocenters. The number of phenolic OH excluding ortho intramolecular Hbond substituents is 1. The van der Waals surface area contributed by atoms with Crippen molar-refractivity contribution in [2.24, 2.45) is 4.99 Å². The number of aliphatic imine (C=N–C) groups is 1. The minimum atomic E-state index is -2.01. The summed E-state index contributed by atoms with van der Waals surface area (Å²) in [6.45, 7) is 8.22. The zero-order valence-electron chi connectivity index (χ0n) is 12.6. The van der Waals surface area contributed by atoms with Gasteiger partial charge < -0.3 is 14.0 Å². The summed E-state index contributed by atoms with van der Waals surface area (Å²) in [5.74, 6) is 0.263. The molecule has 0 spiro atoms. The van der Waals surface area contributed by atoms with E-state index in [1.807, 2.05) is 26.0 Å². The van der Waals surface area contributed by atoms with E-state index in [4.69, 9.17) is 8.85 Å². The summed E-state index contributed by atoms with van der Waals surface area (Å²) in [7, 11) is -2.01. The van der Waals surface area contributed by atoms with E-state index in [-0.39, 0.29) is 5.75 Å². The van der Waals surface area contributed by atoms with Gasteiger partial charge in [0.15, 0.2) is 0 Å². The molecule has 0 aliphatic heterocycles. The summed E-state index contributed by atoms with van der Waals surface area (Å²) in [5.41, 5.74) is 0.752. The van der Waals surface area contributed by atoms with Crippen molar-refractivity contribution in [2.45, 2.75) is 32.9 Å². The molecule has 0 saturated carbocycles. The summed E-state index contributed by atoms with van der Waals surface area (Å²) in [6, 6.07) is 8.13. The molecule has 1 rings (SSSR count). The summed E-state index contributed by atoms with van der Waals surface area (Å²) in [4.78, 5) is 4.35. The highest BCUT2D eigenvalue weighted by atomic mass is 28.4. The largest absolute Gasteiger partial charge is 0.507 e. The fourth-order valence-electron chi connectivity index (χ4n) is 2.05. The second kappa shape index (κ2) is 8.89. The van der Waals surface area contributed by atoms with E-state index >= 15 is 0 Å². The zero-order chi connectivity index (χ0) is 14.8. The van der Waals surface area contributed by atoms with Crippen molar-refractivity contribution >= 4 is 14.8 Å². The zero-order valence-corrected chi connectivity index (χ0v) is 13.6. The summed E-state index contributed by atoms with van der Waals surface area (Å²) in [5, 5.41) is 9.61. The second-order valence-corrected chi connectivity index (χ2v) is 8.04. The fourth-order valence-corrected chi connectivity index (χ4v) is 4.44. The van der Waals surface area contributed by atoms with E-state index in [1.54, 1.807) is 18.3 Å². The maximum atomic E-state index is 9.61. The minimum Gasteiger partial charge on any atom is -0.507 e. The van der Waals surface area contributed by atoms with E-state index in [1.165, 1.54) is 0 Å². The highest BCUT2D eigenvalue weighted by Gasteiger charge is 2.29. The molecule has 0 aromatic heterocycles. The van der Waals surface area contributed by atoms with Crippen LogP contribution in [0, 0.1) is 0 Å². The monoisotopic (exact) mass is 295 g/mol. The van der Waals surface area contributed by atoms with Crippen LogP contribution >= 0.6 is 0 Å². The van der Waals surface area contributed by atoms with Crippen LogP contribution in [0.5, 0.6) is 5.75 Å². The van der Waals surface area contributed by atoms with Crippen molar-refractivity contribution in [3.63, 3.8) is 0 Å². The first-order chi connectivity index (χ1) is 9.61. The number of benzene rings is 1. The van der Waals surface area contributed by atoms with E-state index in [9.17, 15) is 5.11 Å². The van der Waals surface area contributed by atoms with Gasteiger partial charge in [0.2, 0.25) is 0 Å². The van der Waals surface area contributed by atoms with Crippen molar-refractivity contribution in [3.8, 4) is 5.75 Å². The van der Waals surface area contributed by atoms with E-state index < -0.39 is 8.56 Å². The number of aromatic hydroxyl groups is 1. The number of para-hydroxylation sites is 1. The maximum absolute atomic E-state index is 9.61. The van der Waals surface area contributed by atoms with Gasteiger partial charge in [0, 0.05) is 31.5 Å². The Morgan fingerprint density at radius 1 is 1.20 bits per heavy atom. The molecule has 0 fully saturated rings. The van der Waals surface area contributed by atoms with Gasteiger partial charge in [-0.1, -0.05) is 12.1 Å². The van der Waals surface area contributed by atoms with Crippen molar-refractivity contribution in [1.82, 2.24) is 0 Å². The van der Waals surface area contributed by atoms with Crippen LogP contribution in [-0.2, 0) is 8.85 Å². The Balaban J connectivity index is 2.38. The van der Waals surface area contributed by atoms with Gasteiger partial charge in [0.25, 0.3) is 0 Å². The maximum Gasteiger partial charge on any atom is 0.334 e. The Labute approximate surface area is 122 Å². The molecule has 0 bridgehead atoms. The lowest BCUT2D eigenvalue weighted by atomic mass is 10.2. The highest BCUT2D eigenvalue weighted by Crippen LogP contribution is 2.16. The average molecular weight is 295 g/mol. The molecule has 0 heterocycles. The number of hydrogen-bond donors (Lipinski definition) is 1. The summed E-state index contributed by atoms with van der Waals surface area (Å²) < 4.78 is 11.6. The first-order valence-electron chi connectivity index (χ1n) is 7.17. The van der Waals surface area contributed by atoms with Gasteiger partial charge in [-0.05, 0) is 45.0 Å². The molecular weight excluding hydrogens is 270 g/mol. The van der Waals surface area contributed by atoms with Crippen LogP contribution in [0.3, 0.4) is 0 Å². The number of phenols is 1. The molecule has 0 amide bonds. The Kier molecular flexibility index (Phi) is 7.50. The van der Waals surface area contributed by atoms with Crippen LogP contribution in [0.1, 0.15) is 25.8 Å². The van der Waals surface area contributed by atoms with Crippen LogP contribution in [-0.4, -0.2) is 39.6 Å². The SMILES string of the molecule is CCO[Si](C)(CCCN=Cc1ccccc1O)OCC. The molecule has 1 N–H and O–H groups in total. The van der Waals surface area contributed by atoms with Crippen molar-refractivity contribution in [3.05, 3.63) is 29.8 Å². The van der Waals surface area contributed by atoms with Crippen molar-refractivity contribution in [2.75, 3.05) is 19.8 Å². The first-order valence-corrected chi connectivity index (χ1v) is 9.69. The molecule has 4 nitrogen and oxygen atoms in total. The topological polar surface area (TPSA) is 51.0 Å². The Hall–Kier alpha value is -1.17. The molecule has 0 saturated heterocycles. The molecule has 5 heteroatoms. The van der Waals surface area contributed by atoms with E-state index in [2.05, 4.69) is 11.5 Å². The molecule has 1 aromatic rings. The van der Waals surface area contributed by atoms with Gasteiger partial charge in [0.05, 0.1) is 0 Å². The standard InChI is InChI=1S/C15H25NO3Si/c1-4-18-20(3,19-5-2)12-8-11-16-13-14-9-6-7-10-15(14)17/h6-7,9-10,13,17H,4-5,8,11-12H2,1-3H3. The lowest BCUT2D eigenvalue weighted by molar-refractivity contribution is 0.188. The van der Waals surface area contributed by atoms with Crippen LogP contribution in [0.15, 0.2) is 29.3 Å². The molecular formula is C15H25NO3Si. The van der Waals surface area contributed by atoms with Crippen molar-refractivity contribution in [1.29, 1.82) is 0 Å². The number of rotatable bonds is 9. The molecule has 0 aliphatic carbocycles. The van der Waals surface area contributed by atoms with Crippen LogP contribution in [0.25, 0.3) is 0 Å². The van der Waals surface area contributed by atoms with Gasteiger partial charge >= 0.3 is 8.56 Å². The van der Waals surface area contributed by atoms with E-state index in [0.717, 1.165) is 24.6 Å². The van der Waals surface area contributed by atoms with Crippen molar-refractivity contribution < 1.29 is 14.0 Å². The first kappa shape index (κ1) is 16.9. The molecule has 1 aromatic carbocycles. The van der Waals surface area contributed by atoms with E-state index in [0.29, 0.717) is 13.2 Å². The van der Waals surface area contributed by atoms with Gasteiger partial charge in [0.1, 0.15) is 5.75 Å². The molecule has 20 heavy (non-hydrogen) atoms. The molecule has 0 unspecified atom stereocenters. The summed E-state index contributed by atoms with van der Waals surface area (Å²) in [6.07, 6.45) is 2.66. The van der Waals surface area contributed by atoms with Gasteiger partial charge in [-0.3, -0.25) is 4.99 Å². The van der Waals surface area contributed by atoms with Gasteiger partial charge in [-0.2, -0.15) is 0 Å². The smallest absolute Gasteiger partial charge is 0.334 e. The third-order valence-electron chi connectivity index (χ3n) is 2.98. The van der Waals surface area contributed by atoms with Gasteiger partial charge in [-0.25, -0.2) is 0 Å². The highest BCUT2D eigenvalue weighted by molar-refractivity contribution is 6.66. The van der Waals surface area contributed by atoms with Crippen LogP contribution < -0.4 is 0 Å². The lowest BCUT2D eigenvalue weighted by Crippen LogP contribution is -2.38. The molecule has 0 radical (unpaired) electrons. The molecule has 0 aliphatic rings. The number of nitrogens with zero attached hydrogens (tertiary/aromatic N) is 1. The average Bonchev–Trinajstić information content (AvgIpc) is 2.41. The second-order valence-electron chi connectivity index (χ2n) is 4.70. The van der Waals surface area contributed by atoms with Gasteiger partial charge in [-0.15, -0.1) is 0 Å². The third kappa shape index (κ3) is 5.86.